The molecule has 0 spiro atoms. The van der Waals surface area contributed by atoms with Gasteiger partial charge in [-0.2, -0.15) is 23.5 Å². The predicted molar refractivity (Wildman–Crippen MR) is 128 cm³/mol. The second-order valence-corrected chi connectivity index (χ2v) is 9.33. The summed E-state index contributed by atoms with van der Waals surface area (Å²) in [6, 6.07) is -4.75. The Morgan fingerprint density at radius 3 is 1.82 bits per heavy atom. The van der Waals surface area contributed by atoms with Crippen LogP contribution < -0.4 is 27.4 Å². The topological polar surface area (TPSA) is 214 Å². The molecule has 5 unspecified atom stereocenters. The highest BCUT2D eigenvalue weighted by Gasteiger charge is 2.32. The normalized spacial score (nSPS) is 15.4. The van der Waals surface area contributed by atoms with E-state index < -0.39 is 59.9 Å². The van der Waals surface area contributed by atoms with Crippen LogP contribution in [-0.4, -0.2) is 94.1 Å². The maximum atomic E-state index is 12.8. The zero-order valence-electron chi connectivity index (χ0n) is 19.0. The van der Waals surface area contributed by atoms with Crippen molar-refractivity contribution in [3.63, 3.8) is 0 Å². The zero-order chi connectivity index (χ0) is 25.6. The maximum absolute atomic E-state index is 12.8. The molecule has 0 radical (unpaired) electrons. The van der Waals surface area contributed by atoms with E-state index in [0.29, 0.717) is 11.5 Å². The summed E-state index contributed by atoms with van der Waals surface area (Å²) >= 11 is 2.84. The van der Waals surface area contributed by atoms with Crippen LogP contribution in [0.25, 0.3) is 0 Å². The van der Waals surface area contributed by atoms with Gasteiger partial charge in [0.2, 0.25) is 23.6 Å². The van der Waals surface area contributed by atoms with Gasteiger partial charge in [-0.25, -0.2) is 4.79 Å². The fourth-order valence-corrected chi connectivity index (χ4v) is 3.57. The summed E-state index contributed by atoms with van der Waals surface area (Å²) in [5, 5.41) is 26.5. The summed E-state index contributed by atoms with van der Waals surface area (Å²) in [5.41, 5.74) is 10.8. The van der Waals surface area contributed by atoms with Gasteiger partial charge in [0.15, 0.2) is 0 Å². The third-order valence-electron chi connectivity index (χ3n) is 4.57. The first-order valence-electron chi connectivity index (χ1n) is 10.3. The molecule has 0 bridgehead atoms. The molecule has 0 aromatic rings. The van der Waals surface area contributed by atoms with Crippen LogP contribution in [-0.2, 0) is 24.0 Å². The van der Waals surface area contributed by atoms with Gasteiger partial charge in [-0.1, -0.05) is 0 Å². The first-order valence-corrected chi connectivity index (χ1v) is 13.1. The van der Waals surface area contributed by atoms with Crippen LogP contribution in [0.15, 0.2) is 0 Å². The first-order chi connectivity index (χ1) is 15.4. The summed E-state index contributed by atoms with van der Waals surface area (Å²) in [4.78, 5) is 60.1. The highest BCUT2D eigenvalue weighted by Crippen LogP contribution is 2.06. The lowest BCUT2D eigenvalue weighted by molar-refractivity contribution is -0.143. The second-order valence-electron chi connectivity index (χ2n) is 7.36. The van der Waals surface area contributed by atoms with Crippen molar-refractivity contribution in [1.82, 2.24) is 16.0 Å². The Balaban J connectivity index is 5.31. The van der Waals surface area contributed by atoms with Crippen molar-refractivity contribution in [1.29, 1.82) is 0 Å². The summed E-state index contributed by atoms with van der Waals surface area (Å²) < 4.78 is 0. The molecule has 33 heavy (non-hydrogen) atoms. The van der Waals surface area contributed by atoms with Crippen LogP contribution in [0.1, 0.15) is 32.6 Å². The van der Waals surface area contributed by atoms with Crippen molar-refractivity contribution in [2.45, 2.75) is 62.9 Å². The molecule has 0 heterocycles. The number of aliphatic hydroxyl groups is 1. The highest BCUT2D eigenvalue weighted by molar-refractivity contribution is 7.98. The number of carbonyl (C=O) groups excluding carboxylic acids is 4. The van der Waals surface area contributed by atoms with Gasteiger partial charge in [0.25, 0.3) is 0 Å². The van der Waals surface area contributed by atoms with Crippen molar-refractivity contribution < 1.29 is 34.2 Å². The lowest BCUT2D eigenvalue weighted by Crippen LogP contribution is -2.60. The van der Waals surface area contributed by atoms with Crippen molar-refractivity contribution >= 4 is 53.1 Å². The van der Waals surface area contributed by atoms with E-state index in [4.69, 9.17) is 11.5 Å². The zero-order valence-corrected chi connectivity index (χ0v) is 20.7. The molecular formula is C19H35N5O7S2. The lowest BCUT2D eigenvalue weighted by Gasteiger charge is -2.26. The molecule has 0 aromatic carbocycles. The van der Waals surface area contributed by atoms with E-state index in [1.54, 1.807) is 6.26 Å². The van der Waals surface area contributed by atoms with Crippen LogP contribution in [0, 0.1) is 0 Å². The van der Waals surface area contributed by atoms with Gasteiger partial charge in [0.05, 0.1) is 12.1 Å². The fourth-order valence-electron chi connectivity index (χ4n) is 2.63. The number of nitrogens with two attached hydrogens (primary N) is 2. The largest absolute Gasteiger partial charge is 0.480 e. The highest BCUT2D eigenvalue weighted by atomic mass is 32.2. The SMILES string of the molecule is CSCCC(NC(=O)C(NC(=O)C(CCSC)NC(=O)C(N)CCC(N)=O)C(C)O)C(=O)O. The minimum Gasteiger partial charge on any atom is -0.480 e. The van der Waals surface area contributed by atoms with Gasteiger partial charge in [-0.05, 0) is 50.2 Å². The minimum atomic E-state index is -1.44. The molecule has 0 aromatic heterocycles. The Hall–Kier alpha value is -2.03. The van der Waals surface area contributed by atoms with Crippen molar-refractivity contribution in [3.8, 4) is 0 Å². The van der Waals surface area contributed by atoms with E-state index in [-0.39, 0.29) is 25.7 Å². The molecule has 0 rings (SSSR count). The Bertz CT molecular complexity index is 681. The number of aliphatic hydroxyl groups excluding tert-OH is 1. The number of amides is 4. The van der Waals surface area contributed by atoms with E-state index in [2.05, 4.69) is 16.0 Å². The smallest absolute Gasteiger partial charge is 0.326 e. The van der Waals surface area contributed by atoms with Crippen molar-refractivity contribution in [2.24, 2.45) is 11.5 Å². The maximum Gasteiger partial charge on any atom is 0.326 e. The molecule has 0 saturated carbocycles. The van der Waals surface area contributed by atoms with Gasteiger partial charge in [-0.3, -0.25) is 19.2 Å². The monoisotopic (exact) mass is 509 g/mol. The van der Waals surface area contributed by atoms with Crippen LogP contribution >= 0.6 is 23.5 Å². The molecule has 12 nitrogen and oxygen atoms in total. The number of carboxylic acid groups (broad SMARTS) is 1. The van der Waals surface area contributed by atoms with Gasteiger partial charge in [0.1, 0.15) is 18.1 Å². The van der Waals surface area contributed by atoms with E-state index >= 15 is 0 Å². The quantitative estimate of drug-likeness (QED) is 0.114. The number of primary amides is 1. The second kappa shape index (κ2) is 16.6. The minimum absolute atomic E-state index is 0.00333. The number of hydrogen-bond donors (Lipinski definition) is 7. The van der Waals surface area contributed by atoms with E-state index in [0.717, 1.165) is 0 Å². The van der Waals surface area contributed by atoms with Crippen molar-refractivity contribution in [3.05, 3.63) is 0 Å². The molecule has 0 aliphatic rings. The number of carbonyl (C=O) groups is 5. The Kier molecular flexibility index (Phi) is 15.5. The Labute approximate surface area is 201 Å². The summed E-state index contributed by atoms with van der Waals surface area (Å²) in [5.74, 6) is -3.13. The molecule has 9 N–H and O–H groups in total. The molecule has 14 heteroatoms. The fraction of sp³-hybridized carbons (Fsp3) is 0.737. The van der Waals surface area contributed by atoms with Gasteiger partial charge >= 0.3 is 5.97 Å². The molecule has 0 aliphatic carbocycles. The molecule has 0 aliphatic heterocycles. The van der Waals surface area contributed by atoms with Crippen LogP contribution in [0.3, 0.4) is 0 Å². The number of aliphatic carboxylic acids is 1. The lowest BCUT2D eigenvalue weighted by atomic mass is 10.1. The average Bonchev–Trinajstić information content (AvgIpc) is 2.74. The summed E-state index contributed by atoms with van der Waals surface area (Å²) in [6.45, 7) is 1.28. The Morgan fingerprint density at radius 2 is 1.36 bits per heavy atom. The van der Waals surface area contributed by atoms with E-state index in [9.17, 15) is 34.2 Å². The summed E-state index contributed by atoms with van der Waals surface area (Å²) in [6.07, 6.45) is 2.55. The van der Waals surface area contributed by atoms with Gasteiger partial charge < -0.3 is 37.6 Å². The molecule has 4 amide bonds. The van der Waals surface area contributed by atoms with Crippen molar-refractivity contribution in [2.75, 3.05) is 24.0 Å². The Morgan fingerprint density at radius 1 is 0.848 bits per heavy atom. The number of nitrogens with one attached hydrogen (secondary N) is 3. The first kappa shape index (κ1) is 31.0. The number of rotatable bonds is 17. The van der Waals surface area contributed by atoms with E-state index in [1.807, 2.05) is 6.26 Å². The third kappa shape index (κ3) is 12.7. The predicted octanol–water partition coefficient (Wildman–Crippen LogP) is -1.99. The standard InChI is InChI=1S/C19H35N5O7S2/c1-10(25)15(18(29)23-13(19(30)31)7-9-33-3)24-17(28)12(6-8-32-2)22-16(27)11(20)4-5-14(21)26/h10-13,15,25H,4-9,20H2,1-3H3,(H2,21,26)(H,22,27)(H,23,29)(H,24,28)(H,30,31). The molecule has 5 atom stereocenters. The van der Waals surface area contributed by atoms with Crippen LogP contribution in [0.4, 0.5) is 0 Å². The number of carboxylic acids is 1. The number of hydrogen-bond acceptors (Lipinski definition) is 9. The van der Waals surface area contributed by atoms with Crippen LogP contribution in [0.2, 0.25) is 0 Å². The molecule has 0 fully saturated rings. The van der Waals surface area contributed by atoms with Gasteiger partial charge in [-0.15, -0.1) is 0 Å². The number of thioether (sulfide) groups is 2. The third-order valence-corrected chi connectivity index (χ3v) is 5.86. The van der Waals surface area contributed by atoms with Gasteiger partial charge in [0, 0.05) is 6.42 Å². The molecule has 0 saturated heterocycles. The van der Waals surface area contributed by atoms with E-state index in [1.165, 1.54) is 30.4 Å². The van der Waals surface area contributed by atoms with Crippen LogP contribution in [0.5, 0.6) is 0 Å². The molecular weight excluding hydrogens is 474 g/mol. The molecule has 190 valence electrons. The summed E-state index contributed by atoms with van der Waals surface area (Å²) in [7, 11) is 0. The average molecular weight is 510 g/mol.